The molecule has 1 atom stereocenters. The van der Waals surface area contributed by atoms with Crippen molar-refractivity contribution < 1.29 is 14.0 Å². The monoisotopic (exact) mass is 380 g/mol. The molecule has 6 nitrogen and oxygen atoms in total. The maximum atomic E-state index is 13.1. The molecular formula is C21H21FN4O2. The maximum absolute atomic E-state index is 13.1. The van der Waals surface area contributed by atoms with E-state index in [-0.39, 0.29) is 34.8 Å². The molecule has 1 unspecified atom stereocenters. The van der Waals surface area contributed by atoms with Gasteiger partial charge in [0.25, 0.3) is 5.91 Å². The summed E-state index contributed by atoms with van der Waals surface area (Å²) in [6.07, 6.45) is 3.16. The van der Waals surface area contributed by atoms with Crippen LogP contribution in [0.1, 0.15) is 40.1 Å². The number of nitrogens with one attached hydrogen (secondary N) is 1. The highest BCUT2D eigenvalue weighted by Gasteiger charge is 2.22. The molecule has 0 aliphatic heterocycles. The van der Waals surface area contributed by atoms with Gasteiger partial charge >= 0.3 is 0 Å². The maximum Gasteiger partial charge on any atom is 0.252 e. The Bertz CT molecular complexity index is 953. The number of rotatable bonds is 7. The SMILES string of the molecule is CC(C)C(Cn1nccn1)NC(=O)c1ccccc1C(=O)c1ccc(F)cc1. The lowest BCUT2D eigenvalue weighted by atomic mass is 9.97. The zero-order chi connectivity index (χ0) is 20.1. The number of nitrogens with zero attached hydrogens (tertiary/aromatic N) is 3. The quantitative estimate of drug-likeness (QED) is 0.639. The summed E-state index contributed by atoms with van der Waals surface area (Å²) < 4.78 is 13.1. The summed E-state index contributed by atoms with van der Waals surface area (Å²) in [7, 11) is 0. The van der Waals surface area contributed by atoms with Gasteiger partial charge in [0.05, 0.1) is 30.5 Å². The van der Waals surface area contributed by atoms with E-state index >= 15 is 0 Å². The van der Waals surface area contributed by atoms with E-state index in [4.69, 9.17) is 0 Å². The van der Waals surface area contributed by atoms with Gasteiger partial charge in [0.2, 0.25) is 0 Å². The third kappa shape index (κ3) is 4.49. The van der Waals surface area contributed by atoms with Crippen molar-refractivity contribution in [3.05, 3.63) is 83.4 Å². The van der Waals surface area contributed by atoms with E-state index in [2.05, 4.69) is 15.5 Å². The Morgan fingerprint density at radius 2 is 1.61 bits per heavy atom. The van der Waals surface area contributed by atoms with Gasteiger partial charge < -0.3 is 5.32 Å². The second-order valence-corrected chi connectivity index (χ2v) is 6.79. The lowest BCUT2D eigenvalue weighted by Gasteiger charge is -2.22. The standard InChI is InChI=1S/C21H21FN4O2/c1-14(2)19(13-26-23-11-12-24-26)25-21(28)18-6-4-3-5-17(18)20(27)15-7-9-16(22)10-8-15/h3-12,14,19H,13H2,1-2H3,(H,25,28). The van der Waals surface area contributed by atoms with E-state index in [0.29, 0.717) is 12.1 Å². The Morgan fingerprint density at radius 3 is 2.21 bits per heavy atom. The predicted molar refractivity (Wildman–Crippen MR) is 102 cm³/mol. The summed E-state index contributed by atoms with van der Waals surface area (Å²) in [4.78, 5) is 27.3. The molecule has 1 N–H and O–H groups in total. The van der Waals surface area contributed by atoms with E-state index in [1.807, 2.05) is 13.8 Å². The van der Waals surface area contributed by atoms with Crippen molar-refractivity contribution in [3.63, 3.8) is 0 Å². The highest BCUT2D eigenvalue weighted by atomic mass is 19.1. The molecule has 0 fully saturated rings. The predicted octanol–water partition coefficient (Wildman–Crippen LogP) is 3.10. The number of hydrogen-bond donors (Lipinski definition) is 1. The van der Waals surface area contributed by atoms with Crippen LogP contribution < -0.4 is 5.32 Å². The van der Waals surface area contributed by atoms with E-state index in [1.165, 1.54) is 29.1 Å². The van der Waals surface area contributed by atoms with Gasteiger partial charge in [0.1, 0.15) is 5.82 Å². The molecule has 7 heteroatoms. The first kappa shape index (κ1) is 19.4. The molecule has 3 aromatic rings. The molecule has 0 saturated carbocycles. The van der Waals surface area contributed by atoms with Crippen molar-refractivity contribution >= 4 is 11.7 Å². The summed E-state index contributed by atoms with van der Waals surface area (Å²) in [6.45, 7) is 4.40. The fraction of sp³-hybridized carbons (Fsp3) is 0.238. The number of ketones is 1. The topological polar surface area (TPSA) is 76.9 Å². The minimum absolute atomic E-state index is 0.134. The molecule has 3 rings (SSSR count). The zero-order valence-electron chi connectivity index (χ0n) is 15.7. The van der Waals surface area contributed by atoms with Gasteiger partial charge in [-0.3, -0.25) is 9.59 Å². The number of hydrogen-bond acceptors (Lipinski definition) is 4. The molecule has 1 heterocycles. The Balaban J connectivity index is 1.83. The second-order valence-electron chi connectivity index (χ2n) is 6.79. The van der Waals surface area contributed by atoms with Crippen LogP contribution in [0.4, 0.5) is 4.39 Å². The first-order chi connectivity index (χ1) is 13.5. The molecule has 2 aromatic carbocycles. The van der Waals surface area contributed by atoms with Crippen LogP contribution >= 0.6 is 0 Å². The molecule has 144 valence electrons. The van der Waals surface area contributed by atoms with Gasteiger partial charge in [-0.2, -0.15) is 15.0 Å². The molecule has 0 bridgehead atoms. The smallest absolute Gasteiger partial charge is 0.252 e. The van der Waals surface area contributed by atoms with Crippen LogP contribution in [-0.4, -0.2) is 32.7 Å². The van der Waals surface area contributed by atoms with E-state index < -0.39 is 5.82 Å². The Kier molecular flexibility index (Phi) is 5.93. The highest BCUT2D eigenvalue weighted by Crippen LogP contribution is 2.16. The Morgan fingerprint density at radius 1 is 1.00 bits per heavy atom. The second kappa shape index (κ2) is 8.56. The van der Waals surface area contributed by atoms with Crippen molar-refractivity contribution in [3.8, 4) is 0 Å². The third-order valence-corrected chi connectivity index (χ3v) is 4.47. The number of aromatic nitrogens is 3. The fourth-order valence-corrected chi connectivity index (χ4v) is 2.82. The van der Waals surface area contributed by atoms with Crippen molar-refractivity contribution in [1.29, 1.82) is 0 Å². The summed E-state index contributed by atoms with van der Waals surface area (Å²) >= 11 is 0. The van der Waals surface area contributed by atoms with Crippen LogP contribution in [0, 0.1) is 11.7 Å². The molecule has 0 radical (unpaired) electrons. The van der Waals surface area contributed by atoms with Crippen molar-refractivity contribution in [1.82, 2.24) is 20.3 Å². The van der Waals surface area contributed by atoms with Gasteiger partial charge in [-0.15, -0.1) is 0 Å². The zero-order valence-corrected chi connectivity index (χ0v) is 15.7. The molecule has 0 saturated heterocycles. The summed E-state index contributed by atoms with van der Waals surface area (Å²) in [5.41, 5.74) is 0.866. The van der Waals surface area contributed by atoms with Crippen molar-refractivity contribution in [2.24, 2.45) is 5.92 Å². The third-order valence-electron chi connectivity index (χ3n) is 4.47. The lowest BCUT2D eigenvalue weighted by Crippen LogP contribution is -2.42. The highest BCUT2D eigenvalue weighted by molar-refractivity contribution is 6.15. The first-order valence-corrected chi connectivity index (χ1v) is 9.00. The van der Waals surface area contributed by atoms with Gasteiger partial charge in [0, 0.05) is 11.1 Å². The van der Waals surface area contributed by atoms with Gasteiger partial charge in [-0.05, 0) is 36.2 Å². The number of carbonyl (C=O) groups excluding carboxylic acids is 2. The Hall–Kier alpha value is -3.35. The van der Waals surface area contributed by atoms with Crippen LogP contribution in [0.15, 0.2) is 60.9 Å². The van der Waals surface area contributed by atoms with E-state index in [1.54, 1.807) is 36.7 Å². The average molecular weight is 380 g/mol. The van der Waals surface area contributed by atoms with Crippen molar-refractivity contribution in [2.75, 3.05) is 0 Å². The summed E-state index contributed by atoms with van der Waals surface area (Å²) in [5.74, 6) is -0.970. The largest absolute Gasteiger partial charge is 0.347 e. The van der Waals surface area contributed by atoms with Gasteiger partial charge in [-0.1, -0.05) is 32.0 Å². The number of halogens is 1. The van der Waals surface area contributed by atoms with Crippen LogP contribution in [0.3, 0.4) is 0 Å². The summed E-state index contributed by atoms with van der Waals surface area (Å²) in [6, 6.07) is 11.7. The van der Waals surface area contributed by atoms with Gasteiger partial charge in [-0.25, -0.2) is 4.39 Å². The van der Waals surface area contributed by atoms with Gasteiger partial charge in [0.15, 0.2) is 5.78 Å². The first-order valence-electron chi connectivity index (χ1n) is 9.00. The number of amides is 1. The molecule has 28 heavy (non-hydrogen) atoms. The molecule has 0 spiro atoms. The molecule has 0 aliphatic rings. The molecular weight excluding hydrogens is 359 g/mol. The fourth-order valence-electron chi connectivity index (χ4n) is 2.82. The minimum atomic E-state index is -0.422. The van der Waals surface area contributed by atoms with E-state index in [9.17, 15) is 14.0 Å². The summed E-state index contributed by atoms with van der Waals surface area (Å²) in [5, 5.41) is 11.1. The van der Waals surface area contributed by atoms with Crippen molar-refractivity contribution in [2.45, 2.75) is 26.4 Å². The van der Waals surface area contributed by atoms with Crippen LogP contribution in [0.2, 0.25) is 0 Å². The molecule has 0 aliphatic carbocycles. The van der Waals surface area contributed by atoms with Crippen LogP contribution in [-0.2, 0) is 6.54 Å². The normalized spacial score (nSPS) is 12.0. The average Bonchev–Trinajstić information content (AvgIpc) is 3.20. The number of carbonyl (C=O) groups is 2. The van der Waals surface area contributed by atoms with E-state index in [0.717, 1.165) is 0 Å². The number of benzene rings is 2. The van der Waals surface area contributed by atoms with Crippen LogP contribution in [0.5, 0.6) is 0 Å². The molecule has 1 aromatic heterocycles. The lowest BCUT2D eigenvalue weighted by molar-refractivity contribution is 0.0909. The minimum Gasteiger partial charge on any atom is -0.347 e. The Labute approximate surface area is 162 Å². The van der Waals surface area contributed by atoms with Crippen LogP contribution in [0.25, 0.3) is 0 Å². The molecule has 1 amide bonds.